The topological polar surface area (TPSA) is 111 Å². The lowest BCUT2D eigenvalue weighted by molar-refractivity contribution is 0.309. The van der Waals surface area contributed by atoms with Gasteiger partial charge >= 0.3 is 0 Å². The monoisotopic (exact) mass is 500 g/mol. The lowest BCUT2D eigenvalue weighted by atomic mass is 10.1. The van der Waals surface area contributed by atoms with E-state index in [-0.39, 0.29) is 4.90 Å². The van der Waals surface area contributed by atoms with Gasteiger partial charge in [0.25, 0.3) is 10.0 Å². The van der Waals surface area contributed by atoms with Gasteiger partial charge in [0.1, 0.15) is 5.75 Å². The molecule has 0 atom stereocenters. The molecule has 2 aromatic carbocycles. The van der Waals surface area contributed by atoms with Crippen LogP contribution in [-0.2, 0) is 10.0 Å². The SMILES string of the molecule is CCCCOc1ccc(S(=O)(=O)Nc2ccc(-c3ccc4nnc(-c5ccncc5)n4n3)cc2)cc1. The molecule has 0 fully saturated rings. The Morgan fingerprint density at radius 2 is 1.61 bits per heavy atom. The molecule has 0 saturated carbocycles. The van der Waals surface area contributed by atoms with Crippen molar-refractivity contribution in [3.63, 3.8) is 0 Å². The minimum Gasteiger partial charge on any atom is -0.494 e. The van der Waals surface area contributed by atoms with Crippen LogP contribution in [-0.4, -0.2) is 39.8 Å². The molecule has 3 aromatic heterocycles. The third-order valence-corrected chi connectivity index (χ3v) is 6.93. The summed E-state index contributed by atoms with van der Waals surface area (Å²) in [7, 11) is -3.74. The van der Waals surface area contributed by atoms with Crippen LogP contribution in [0.1, 0.15) is 19.8 Å². The number of fused-ring (bicyclic) bond motifs is 1. The smallest absolute Gasteiger partial charge is 0.261 e. The van der Waals surface area contributed by atoms with Crippen molar-refractivity contribution < 1.29 is 13.2 Å². The number of hydrogen-bond acceptors (Lipinski definition) is 7. The number of ether oxygens (including phenoxy) is 1. The maximum atomic E-state index is 12.8. The third kappa shape index (κ3) is 5.03. The molecule has 0 bridgehead atoms. The summed E-state index contributed by atoms with van der Waals surface area (Å²) in [5.41, 5.74) is 3.45. The summed E-state index contributed by atoms with van der Waals surface area (Å²) in [5.74, 6) is 1.26. The van der Waals surface area contributed by atoms with Gasteiger partial charge in [0.2, 0.25) is 0 Å². The van der Waals surface area contributed by atoms with Crippen LogP contribution >= 0.6 is 0 Å². The van der Waals surface area contributed by atoms with E-state index in [1.807, 2.05) is 36.4 Å². The number of rotatable bonds is 9. The second-order valence-corrected chi connectivity index (χ2v) is 9.79. The average Bonchev–Trinajstić information content (AvgIpc) is 3.33. The van der Waals surface area contributed by atoms with Crippen LogP contribution in [0.2, 0.25) is 0 Å². The molecule has 0 aliphatic heterocycles. The van der Waals surface area contributed by atoms with E-state index in [4.69, 9.17) is 4.74 Å². The fourth-order valence-electron chi connectivity index (χ4n) is 3.60. The zero-order valence-electron chi connectivity index (χ0n) is 19.6. The zero-order valence-corrected chi connectivity index (χ0v) is 20.4. The van der Waals surface area contributed by atoms with Crippen molar-refractivity contribution in [2.24, 2.45) is 0 Å². The van der Waals surface area contributed by atoms with Gasteiger partial charge in [0, 0.05) is 29.2 Å². The van der Waals surface area contributed by atoms with Crippen LogP contribution < -0.4 is 9.46 Å². The van der Waals surface area contributed by atoms with E-state index in [1.165, 1.54) is 12.1 Å². The van der Waals surface area contributed by atoms with Gasteiger partial charge in [0.15, 0.2) is 11.5 Å². The predicted octanol–water partition coefficient (Wildman–Crippen LogP) is 4.83. The second-order valence-electron chi connectivity index (χ2n) is 8.10. The number of aromatic nitrogens is 5. The summed E-state index contributed by atoms with van der Waals surface area (Å²) in [6.07, 6.45) is 5.37. The summed E-state index contributed by atoms with van der Waals surface area (Å²) in [6, 6.07) is 20.8. The van der Waals surface area contributed by atoms with Crippen LogP contribution in [0.4, 0.5) is 5.69 Å². The van der Waals surface area contributed by atoms with Gasteiger partial charge < -0.3 is 4.74 Å². The largest absolute Gasteiger partial charge is 0.494 e. The minimum absolute atomic E-state index is 0.165. The van der Waals surface area contributed by atoms with E-state index < -0.39 is 10.0 Å². The first kappa shape index (κ1) is 23.4. The zero-order chi connectivity index (χ0) is 25.0. The number of anilines is 1. The Bertz CT molecular complexity index is 1570. The molecule has 0 saturated heterocycles. The first-order valence-corrected chi connectivity index (χ1v) is 13.0. The fourth-order valence-corrected chi connectivity index (χ4v) is 4.65. The molecule has 1 N–H and O–H groups in total. The van der Waals surface area contributed by atoms with E-state index in [0.717, 1.165) is 24.0 Å². The summed E-state index contributed by atoms with van der Waals surface area (Å²) >= 11 is 0. The van der Waals surface area contributed by atoms with Gasteiger partial charge in [-0.3, -0.25) is 9.71 Å². The number of unbranched alkanes of at least 4 members (excludes halogenated alkanes) is 1. The standard InChI is InChI=1S/C26H24N6O3S/c1-2-3-18-35-22-8-10-23(11-9-22)36(33,34)31-21-6-4-19(5-7-21)24-12-13-25-28-29-26(32(25)30-24)20-14-16-27-17-15-20/h4-17,31H,2-3,18H2,1H3. The van der Waals surface area contributed by atoms with Gasteiger partial charge in [-0.25, -0.2) is 8.42 Å². The fraction of sp³-hybridized carbons (Fsp3) is 0.154. The molecular weight excluding hydrogens is 476 g/mol. The van der Waals surface area contributed by atoms with Crippen molar-refractivity contribution in [2.75, 3.05) is 11.3 Å². The number of nitrogens with one attached hydrogen (secondary N) is 1. The van der Waals surface area contributed by atoms with E-state index in [9.17, 15) is 8.42 Å². The Balaban J connectivity index is 1.33. The predicted molar refractivity (Wildman–Crippen MR) is 137 cm³/mol. The van der Waals surface area contributed by atoms with E-state index in [1.54, 1.807) is 41.2 Å². The minimum atomic E-state index is -3.74. The van der Waals surface area contributed by atoms with Gasteiger partial charge in [-0.1, -0.05) is 25.5 Å². The highest BCUT2D eigenvalue weighted by atomic mass is 32.2. The summed E-state index contributed by atoms with van der Waals surface area (Å²) in [6.45, 7) is 2.70. The molecule has 0 unspecified atom stereocenters. The van der Waals surface area contributed by atoms with Crippen LogP contribution in [0.3, 0.4) is 0 Å². The van der Waals surface area contributed by atoms with Crippen molar-refractivity contribution in [3.8, 4) is 28.4 Å². The number of nitrogens with zero attached hydrogens (tertiary/aromatic N) is 5. The molecule has 182 valence electrons. The maximum Gasteiger partial charge on any atom is 0.261 e. The Kier molecular flexibility index (Phi) is 6.59. The van der Waals surface area contributed by atoms with Crippen molar-refractivity contribution in [2.45, 2.75) is 24.7 Å². The first-order valence-electron chi connectivity index (χ1n) is 11.5. The second kappa shape index (κ2) is 10.1. The van der Waals surface area contributed by atoms with Crippen molar-refractivity contribution in [1.82, 2.24) is 24.8 Å². The lowest BCUT2D eigenvalue weighted by Crippen LogP contribution is -2.12. The van der Waals surface area contributed by atoms with Crippen LogP contribution in [0, 0.1) is 0 Å². The molecule has 0 aliphatic carbocycles. The lowest BCUT2D eigenvalue weighted by Gasteiger charge is -2.10. The third-order valence-electron chi connectivity index (χ3n) is 5.53. The van der Waals surface area contributed by atoms with Crippen LogP contribution in [0.5, 0.6) is 5.75 Å². The molecule has 3 heterocycles. The summed E-state index contributed by atoms with van der Waals surface area (Å²) < 4.78 is 35.6. The van der Waals surface area contributed by atoms with Gasteiger partial charge in [-0.2, -0.15) is 9.61 Å². The van der Waals surface area contributed by atoms with Crippen LogP contribution in [0.15, 0.2) is 90.1 Å². The quantitative estimate of drug-likeness (QED) is 0.288. The Morgan fingerprint density at radius 3 is 2.33 bits per heavy atom. The molecular formula is C26H24N6O3S. The molecule has 5 aromatic rings. The van der Waals surface area contributed by atoms with Gasteiger partial charge in [-0.15, -0.1) is 10.2 Å². The Hall–Kier alpha value is -4.31. The van der Waals surface area contributed by atoms with Crippen molar-refractivity contribution in [1.29, 1.82) is 0 Å². The van der Waals surface area contributed by atoms with E-state index in [0.29, 0.717) is 35.2 Å². The highest BCUT2D eigenvalue weighted by Gasteiger charge is 2.15. The molecule has 0 aliphatic rings. The van der Waals surface area contributed by atoms with Crippen molar-refractivity contribution >= 4 is 21.4 Å². The average molecular weight is 501 g/mol. The molecule has 10 heteroatoms. The molecule has 5 rings (SSSR count). The highest BCUT2D eigenvalue weighted by Crippen LogP contribution is 2.24. The number of pyridine rings is 1. The molecule has 0 amide bonds. The van der Waals surface area contributed by atoms with Gasteiger partial charge in [0.05, 0.1) is 17.2 Å². The number of hydrogen-bond donors (Lipinski definition) is 1. The van der Waals surface area contributed by atoms with Crippen molar-refractivity contribution in [3.05, 3.63) is 85.2 Å². The maximum absolute atomic E-state index is 12.8. The summed E-state index contributed by atoms with van der Waals surface area (Å²) in [5, 5.41) is 13.1. The summed E-state index contributed by atoms with van der Waals surface area (Å²) in [4.78, 5) is 4.20. The van der Waals surface area contributed by atoms with E-state index >= 15 is 0 Å². The van der Waals surface area contributed by atoms with E-state index in [2.05, 4.69) is 31.9 Å². The molecule has 0 radical (unpaired) electrons. The Labute approximate surface area is 208 Å². The van der Waals surface area contributed by atoms with Crippen LogP contribution in [0.25, 0.3) is 28.3 Å². The molecule has 0 spiro atoms. The Morgan fingerprint density at radius 1 is 0.861 bits per heavy atom. The first-order chi connectivity index (χ1) is 17.5. The van der Waals surface area contributed by atoms with Gasteiger partial charge in [-0.05, 0) is 67.1 Å². The highest BCUT2D eigenvalue weighted by molar-refractivity contribution is 7.92. The number of sulfonamides is 1. The molecule has 9 nitrogen and oxygen atoms in total. The molecule has 36 heavy (non-hydrogen) atoms. The normalized spacial score (nSPS) is 11.5. The number of benzene rings is 2.